The van der Waals surface area contributed by atoms with Crippen molar-refractivity contribution in [1.82, 2.24) is 0 Å². The predicted molar refractivity (Wildman–Crippen MR) is 105 cm³/mol. The van der Waals surface area contributed by atoms with Crippen molar-refractivity contribution in [2.45, 2.75) is 37.3 Å². The van der Waals surface area contributed by atoms with Gasteiger partial charge in [0.15, 0.2) is 0 Å². The van der Waals surface area contributed by atoms with Gasteiger partial charge in [-0.05, 0) is 62.3 Å². The van der Waals surface area contributed by atoms with Gasteiger partial charge in [-0.1, -0.05) is 67.4 Å². The molecule has 0 N–H and O–H groups in total. The van der Waals surface area contributed by atoms with Gasteiger partial charge >= 0.3 is 0 Å². The van der Waals surface area contributed by atoms with Gasteiger partial charge in [0.1, 0.15) is 0 Å². The third-order valence-electron chi connectivity index (χ3n) is 5.78. The van der Waals surface area contributed by atoms with E-state index in [1.807, 2.05) is 0 Å². The first kappa shape index (κ1) is 13.8. The molecule has 0 amide bonds. The first-order valence-electron chi connectivity index (χ1n) is 8.75. The highest BCUT2D eigenvalue weighted by atomic mass is 31.0. The molecule has 0 nitrogen and oxygen atoms in total. The Bertz CT molecular complexity index is 985. The van der Waals surface area contributed by atoms with Crippen LogP contribution in [0.4, 0.5) is 0 Å². The Labute approximate surface area is 139 Å². The number of hydrogen-bond donors (Lipinski definition) is 0. The van der Waals surface area contributed by atoms with Gasteiger partial charge in [0, 0.05) is 0 Å². The fourth-order valence-corrected chi connectivity index (χ4v) is 5.26. The summed E-state index contributed by atoms with van der Waals surface area (Å²) >= 11 is 0. The zero-order valence-electron chi connectivity index (χ0n) is 13.3. The van der Waals surface area contributed by atoms with E-state index in [1.165, 1.54) is 58.0 Å². The van der Waals surface area contributed by atoms with Crippen LogP contribution in [0.3, 0.4) is 0 Å². The molecule has 4 aromatic carbocycles. The molecule has 0 bridgehead atoms. The van der Waals surface area contributed by atoms with Gasteiger partial charge in [0.05, 0.1) is 0 Å². The highest BCUT2D eigenvalue weighted by Gasteiger charge is 2.25. The maximum Gasteiger partial charge on any atom is -0.00239 e. The lowest BCUT2D eigenvalue weighted by molar-refractivity contribution is 0.457. The molecule has 1 fully saturated rings. The molecule has 3 unspecified atom stereocenters. The summed E-state index contributed by atoms with van der Waals surface area (Å²) in [6.07, 6.45) is 5.43. The van der Waals surface area contributed by atoms with Crippen LogP contribution < -0.4 is 0 Å². The molecule has 114 valence electrons. The van der Waals surface area contributed by atoms with Crippen molar-refractivity contribution in [3.05, 3.63) is 60.2 Å². The van der Waals surface area contributed by atoms with E-state index < -0.39 is 0 Å². The molecule has 0 heterocycles. The molecular formula is C22H21P. The summed E-state index contributed by atoms with van der Waals surface area (Å²) in [5.41, 5.74) is 2.29. The fourth-order valence-electron chi connectivity index (χ4n) is 4.63. The maximum atomic E-state index is 3.12. The van der Waals surface area contributed by atoms with Gasteiger partial charge in [0.2, 0.25) is 0 Å². The van der Waals surface area contributed by atoms with Crippen molar-refractivity contribution in [3.8, 4) is 0 Å². The average Bonchev–Trinajstić information content (AvgIpc) is 2.60. The maximum absolute atomic E-state index is 3.12. The second-order valence-electron chi connectivity index (χ2n) is 7.07. The Hall–Kier alpha value is -1.65. The van der Waals surface area contributed by atoms with E-state index in [4.69, 9.17) is 0 Å². The number of rotatable bonds is 1. The van der Waals surface area contributed by atoms with Crippen LogP contribution in [0.2, 0.25) is 0 Å². The molecule has 4 aromatic rings. The zero-order valence-corrected chi connectivity index (χ0v) is 14.4. The van der Waals surface area contributed by atoms with E-state index >= 15 is 0 Å². The molecule has 0 aliphatic heterocycles. The van der Waals surface area contributed by atoms with Crippen LogP contribution in [0.1, 0.15) is 37.2 Å². The summed E-state index contributed by atoms with van der Waals surface area (Å²) in [6, 6.07) is 20.6. The lowest BCUT2D eigenvalue weighted by Crippen LogP contribution is -2.17. The van der Waals surface area contributed by atoms with Gasteiger partial charge in [-0.3, -0.25) is 0 Å². The Kier molecular flexibility index (Phi) is 3.10. The molecule has 0 aromatic heterocycles. The topological polar surface area (TPSA) is 0 Å². The molecular weight excluding hydrogens is 295 g/mol. The van der Waals surface area contributed by atoms with Gasteiger partial charge in [-0.2, -0.15) is 0 Å². The minimum absolute atomic E-state index is 0.693. The van der Waals surface area contributed by atoms with Crippen LogP contribution in [0, 0.1) is 0 Å². The summed E-state index contributed by atoms with van der Waals surface area (Å²) < 4.78 is 0. The lowest BCUT2D eigenvalue weighted by Gasteiger charge is -2.30. The minimum Gasteiger partial charge on any atom is -0.134 e. The molecule has 1 aliphatic rings. The van der Waals surface area contributed by atoms with Crippen molar-refractivity contribution in [2.75, 3.05) is 0 Å². The molecule has 5 rings (SSSR count). The normalized spacial score (nSPS) is 22.3. The molecule has 1 heteroatoms. The third-order valence-corrected chi connectivity index (χ3v) is 6.58. The van der Waals surface area contributed by atoms with Crippen molar-refractivity contribution in [1.29, 1.82) is 0 Å². The predicted octanol–water partition coefficient (Wildman–Crippen LogP) is 6.49. The van der Waals surface area contributed by atoms with Crippen LogP contribution in [0.25, 0.3) is 32.3 Å². The Morgan fingerprint density at radius 1 is 0.696 bits per heavy atom. The SMILES string of the molecule is PC1CCCCC1c1ccc2ccc3cccc4ccc1c2c34. The second kappa shape index (κ2) is 5.18. The van der Waals surface area contributed by atoms with E-state index in [0.717, 1.165) is 5.66 Å². The van der Waals surface area contributed by atoms with Crippen LogP contribution >= 0.6 is 9.24 Å². The Morgan fingerprint density at radius 2 is 1.35 bits per heavy atom. The van der Waals surface area contributed by atoms with Crippen molar-refractivity contribution in [3.63, 3.8) is 0 Å². The fraction of sp³-hybridized carbons (Fsp3) is 0.273. The lowest BCUT2D eigenvalue weighted by atomic mass is 9.80. The summed E-state index contributed by atoms with van der Waals surface area (Å²) in [5.74, 6) is 0.693. The van der Waals surface area contributed by atoms with Crippen LogP contribution in [0.15, 0.2) is 54.6 Å². The third kappa shape index (κ3) is 2.01. The van der Waals surface area contributed by atoms with Gasteiger partial charge in [-0.15, -0.1) is 9.24 Å². The van der Waals surface area contributed by atoms with E-state index in [2.05, 4.69) is 63.8 Å². The summed E-state index contributed by atoms with van der Waals surface area (Å²) in [7, 11) is 3.12. The van der Waals surface area contributed by atoms with Gasteiger partial charge in [0.25, 0.3) is 0 Å². The molecule has 0 radical (unpaired) electrons. The van der Waals surface area contributed by atoms with Crippen LogP contribution in [0.5, 0.6) is 0 Å². The van der Waals surface area contributed by atoms with E-state index in [9.17, 15) is 0 Å². The molecule has 0 spiro atoms. The average molecular weight is 316 g/mol. The van der Waals surface area contributed by atoms with Crippen LogP contribution in [-0.2, 0) is 0 Å². The summed E-state index contributed by atoms with van der Waals surface area (Å²) in [4.78, 5) is 0. The van der Waals surface area contributed by atoms with Crippen molar-refractivity contribution >= 4 is 41.6 Å². The quantitative estimate of drug-likeness (QED) is 0.278. The van der Waals surface area contributed by atoms with Gasteiger partial charge < -0.3 is 0 Å². The summed E-state index contributed by atoms with van der Waals surface area (Å²) in [5, 5.41) is 8.50. The van der Waals surface area contributed by atoms with E-state index in [-0.39, 0.29) is 0 Å². The highest BCUT2D eigenvalue weighted by molar-refractivity contribution is 7.17. The highest BCUT2D eigenvalue weighted by Crippen LogP contribution is 2.43. The second-order valence-corrected chi connectivity index (χ2v) is 7.92. The standard InChI is InChI=1S/C22H21P/c23-20-7-2-1-6-18(20)17-12-10-16-9-8-14-4-3-5-15-11-13-19(17)22(16)21(14)15/h3-5,8-13,18,20H,1-2,6-7,23H2. The molecule has 1 aliphatic carbocycles. The zero-order chi connectivity index (χ0) is 15.4. The van der Waals surface area contributed by atoms with E-state index in [1.54, 1.807) is 5.56 Å². The van der Waals surface area contributed by atoms with Gasteiger partial charge in [-0.25, -0.2) is 0 Å². The molecule has 23 heavy (non-hydrogen) atoms. The first-order valence-corrected chi connectivity index (χ1v) is 9.41. The first-order chi connectivity index (χ1) is 11.3. The van der Waals surface area contributed by atoms with Crippen molar-refractivity contribution in [2.24, 2.45) is 0 Å². The smallest absolute Gasteiger partial charge is 0.00239 e. The van der Waals surface area contributed by atoms with Crippen LogP contribution in [-0.4, -0.2) is 5.66 Å². The Morgan fingerprint density at radius 3 is 2.13 bits per heavy atom. The molecule has 3 atom stereocenters. The largest absolute Gasteiger partial charge is 0.134 e. The summed E-state index contributed by atoms with van der Waals surface area (Å²) in [6.45, 7) is 0. The molecule has 1 saturated carbocycles. The monoisotopic (exact) mass is 316 g/mol. The van der Waals surface area contributed by atoms with Crippen molar-refractivity contribution < 1.29 is 0 Å². The molecule has 0 saturated heterocycles. The Balaban J connectivity index is 1.87. The van der Waals surface area contributed by atoms with E-state index in [0.29, 0.717) is 5.92 Å². The minimum atomic E-state index is 0.693. The number of hydrogen-bond acceptors (Lipinski definition) is 0. The number of benzene rings is 4.